The van der Waals surface area contributed by atoms with E-state index in [-0.39, 0.29) is 28.8 Å². The van der Waals surface area contributed by atoms with Crippen molar-refractivity contribution in [2.45, 2.75) is 68.7 Å². The zero-order valence-electron chi connectivity index (χ0n) is 19.2. The number of likely N-dealkylation sites (tertiary alicyclic amines) is 1. The van der Waals surface area contributed by atoms with Gasteiger partial charge in [0.25, 0.3) is 0 Å². The number of benzene rings is 1. The number of piperidine rings is 1. The van der Waals surface area contributed by atoms with Gasteiger partial charge in [0.05, 0.1) is 11.4 Å². The Morgan fingerprint density at radius 1 is 1.00 bits per heavy atom. The van der Waals surface area contributed by atoms with E-state index in [1.807, 2.05) is 0 Å². The van der Waals surface area contributed by atoms with Crippen LogP contribution < -0.4 is 10.6 Å². The summed E-state index contributed by atoms with van der Waals surface area (Å²) >= 11 is 0. The quantitative estimate of drug-likeness (QED) is 0.616. The van der Waals surface area contributed by atoms with Gasteiger partial charge < -0.3 is 10.6 Å². The number of sulfonamides is 1. The van der Waals surface area contributed by atoms with Crippen molar-refractivity contribution in [2.24, 2.45) is 0 Å². The molecule has 2 amide bonds. The number of nitrogens with one attached hydrogen (secondary N) is 2. The first kappa shape index (κ1) is 24.7. The predicted molar refractivity (Wildman–Crippen MR) is 125 cm³/mol. The molecule has 0 unspecified atom stereocenters. The zero-order valence-corrected chi connectivity index (χ0v) is 20.0. The normalized spacial score (nSPS) is 19.5. The molecule has 1 aliphatic carbocycles. The van der Waals surface area contributed by atoms with Gasteiger partial charge in [-0.2, -0.15) is 4.31 Å². The lowest BCUT2D eigenvalue weighted by Gasteiger charge is -2.48. The van der Waals surface area contributed by atoms with Crippen molar-refractivity contribution < 1.29 is 18.0 Å². The molecule has 1 aromatic carbocycles. The molecule has 0 spiro atoms. The molecule has 9 heteroatoms. The lowest BCUT2D eigenvalue weighted by molar-refractivity contribution is -0.122. The van der Waals surface area contributed by atoms with Crippen LogP contribution in [0.15, 0.2) is 29.2 Å². The Labute approximate surface area is 191 Å². The molecule has 1 aromatic rings. The molecule has 0 atom stereocenters. The summed E-state index contributed by atoms with van der Waals surface area (Å²) in [5.41, 5.74) is 0.526. The molecule has 1 aliphatic heterocycles. The van der Waals surface area contributed by atoms with Crippen LogP contribution in [0.1, 0.15) is 58.3 Å². The number of amides is 2. The van der Waals surface area contributed by atoms with Gasteiger partial charge >= 0.3 is 0 Å². The van der Waals surface area contributed by atoms with Gasteiger partial charge in [-0.05, 0) is 63.0 Å². The summed E-state index contributed by atoms with van der Waals surface area (Å²) in [4.78, 5) is 26.5. The van der Waals surface area contributed by atoms with Crippen LogP contribution in [0.2, 0.25) is 0 Å². The number of rotatable bonds is 8. The predicted octanol–water partition coefficient (Wildman–Crippen LogP) is 2.57. The third-order valence-electron chi connectivity index (χ3n) is 6.67. The summed E-state index contributed by atoms with van der Waals surface area (Å²) in [6.45, 7) is 3.90. The first-order valence-corrected chi connectivity index (χ1v) is 13.0. The Hall–Kier alpha value is -1.97. The topological polar surface area (TPSA) is 98.8 Å². The third-order valence-corrected chi connectivity index (χ3v) is 8.49. The molecule has 1 saturated heterocycles. The summed E-state index contributed by atoms with van der Waals surface area (Å²) in [7, 11) is -2.39. The minimum atomic E-state index is -3.81. The van der Waals surface area contributed by atoms with Gasteiger partial charge in [-0.1, -0.05) is 25.7 Å². The smallest absolute Gasteiger partial charge is 0.243 e. The molecule has 1 heterocycles. The number of nitrogens with zero attached hydrogens (tertiary/aromatic N) is 2. The highest BCUT2D eigenvalue weighted by molar-refractivity contribution is 7.89. The zero-order chi connectivity index (χ0) is 23.2. The molecule has 2 N–H and O–H groups in total. The van der Waals surface area contributed by atoms with Crippen molar-refractivity contribution in [3.05, 3.63) is 24.3 Å². The van der Waals surface area contributed by atoms with Gasteiger partial charge in [0.1, 0.15) is 0 Å². The second-order valence-corrected chi connectivity index (χ2v) is 11.1. The molecular weight excluding hydrogens is 428 g/mol. The highest BCUT2D eigenvalue weighted by atomic mass is 32.2. The lowest BCUT2D eigenvalue weighted by Crippen LogP contribution is -2.58. The van der Waals surface area contributed by atoms with Gasteiger partial charge in [0.15, 0.2) is 0 Å². The Morgan fingerprint density at radius 2 is 1.59 bits per heavy atom. The average Bonchev–Trinajstić information content (AvgIpc) is 2.79. The Morgan fingerprint density at radius 3 is 2.19 bits per heavy atom. The molecule has 3 rings (SSSR count). The second kappa shape index (κ2) is 10.8. The standard InChI is InChI=1S/C23H36N4O4S/c1-19(28)25-20-9-11-21(12-10-20)32(30,31)26(2)17-22(29)24-18-23(13-5-3-6-14-23)27-15-7-4-8-16-27/h9-12H,3-8,13-18H2,1-2H3,(H,24,29)(H,25,28). The summed E-state index contributed by atoms with van der Waals surface area (Å²) in [6, 6.07) is 5.94. The maximum absolute atomic E-state index is 12.9. The fraction of sp³-hybridized carbons (Fsp3) is 0.652. The minimum Gasteiger partial charge on any atom is -0.353 e. The SMILES string of the molecule is CC(=O)Nc1ccc(S(=O)(=O)N(C)CC(=O)NCC2(N3CCCCC3)CCCCC2)cc1. The molecule has 178 valence electrons. The number of carbonyl (C=O) groups excluding carboxylic acids is 2. The minimum absolute atomic E-state index is 0.00528. The second-order valence-electron chi connectivity index (χ2n) is 9.08. The maximum atomic E-state index is 12.9. The third kappa shape index (κ3) is 6.08. The largest absolute Gasteiger partial charge is 0.353 e. The van der Waals surface area contributed by atoms with Gasteiger partial charge in [-0.25, -0.2) is 8.42 Å². The number of anilines is 1. The summed E-state index contributed by atoms with van der Waals surface area (Å²) in [6.07, 6.45) is 9.45. The van der Waals surface area contributed by atoms with Gasteiger partial charge in [-0.15, -0.1) is 0 Å². The van der Waals surface area contributed by atoms with Gasteiger partial charge in [-0.3, -0.25) is 14.5 Å². The number of carbonyl (C=O) groups is 2. The van der Waals surface area contributed by atoms with Crippen molar-refractivity contribution in [2.75, 3.05) is 38.5 Å². The fourth-order valence-corrected chi connectivity index (χ4v) is 6.01. The molecule has 2 aliphatic rings. The first-order valence-electron chi connectivity index (χ1n) is 11.6. The van der Waals surface area contributed by atoms with E-state index >= 15 is 0 Å². The highest BCUT2D eigenvalue weighted by Crippen LogP contribution is 2.35. The molecule has 0 aromatic heterocycles. The molecule has 32 heavy (non-hydrogen) atoms. The summed E-state index contributed by atoms with van der Waals surface area (Å²) in [5.74, 6) is -0.511. The van der Waals surface area contributed by atoms with Crippen LogP contribution in [-0.4, -0.2) is 68.2 Å². The Balaban J connectivity index is 1.59. The highest BCUT2D eigenvalue weighted by Gasteiger charge is 2.38. The van der Waals surface area contributed by atoms with E-state index in [0.717, 1.165) is 30.2 Å². The summed E-state index contributed by atoms with van der Waals surface area (Å²) < 4.78 is 26.8. The molecule has 0 radical (unpaired) electrons. The number of hydrogen-bond donors (Lipinski definition) is 2. The lowest BCUT2D eigenvalue weighted by atomic mass is 9.79. The van der Waals surface area contributed by atoms with Crippen molar-refractivity contribution in [3.8, 4) is 0 Å². The van der Waals surface area contributed by atoms with Crippen LogP contribution in [0.4, 0.5) is 5.69 Å². The van der Waals surface area contributed by atoms with E-state index in [1.54, 1.807) is 0 Å². The van der Waals surface area contributed by atoms with E-state index in [0.29, 0.717) is 12.2 Å². The Kier molecular flexibility index (Phi) is 8.30. The van der Waals surface area contributed by atoms with Crippen molar-refractivity contribution in [3.63, 3.8) is 0 Å². The average molecular weight is 465 g/mol. The molecule has 8 nitrogen and oxygen atoms in total. The van der Waals surface area contributed by atoms with E-state index in [1.165, 1.54) is 76.8 Å². The molecule has 2 fully saturated rings. The summed E-state index contributed by atoms with van der Waals surface area (Å²) in [5, 5.41) is 5.65. The number of likely N-dealkylation sites (N-methyl/N-ethyl adjacent to an activating group) is 1. The molecule has 1 saturated carbocycles. The monoisotopic (exact) mass is 464 g/mol. The van der Waals surface area contributed by atoms with Crippen LogP contribution in [0.25, 0.3) is 0 Å². The fourth-order valence-electron chi connectivity index (χ4n) is 4.88. The van der Waals surface area contributed by atoms with Crippen molar-refractivity contribution >= 4 is 27.5 Å². The maximum Gasteiger partial charge on any atom is 0.243 e. The van der Waals surface area contributed by atoms with Gasteiger partial charge in [0.2, 0.25) is 21.8 Å². The van der Waals surface area contributed by atoms with Crippen LogP contribution in [-0.2, 0) is 19.6 Å². The van der Waals surface area contributed by atoms with Crippen LogP contribution in [0.5, 0.6) is 0 Å². The molecule has 0 bridgehead atoms. The van der Waals surface area contributed by atoms with Crippen LogP contribution in [0.3, 0.4) is 0 Å². The Bertz CT molecular complexity index is 889. The van der Waals surface area contributed by atoms with Crippen molar-refractivity contribution in [1.29, 1.82) is 0 Å². The van der Waals surface area contributed by atoms with Crippen LogP contribution >= 0.6 is 0 Å². The van der Waals surface area contributed by atoms with Gasteiger partial charge in [0, 0.05) is 31.7 Å². The first-order chi connectivity index (χ1) is 15.2. The van der Waals surface area contributed by atoms with E-state index in [4.69, 9.17) is 0 Å². The number of hydrogen-bond acceptors (Lipinski definition) is 5. The van der Waals surface area contributed by atoms with E-state index in [2.05, 4.69) is 15.5 Å². The van der Waals surface area contributed by atoms with E-state index < -0.39 is 10.0 Å². The molecular formula is C23H36N4O4S. The van der Waals surface area contributed by atoms with E-state index in [9.17, 15) is 18.0 Å². The van der Waals surface area contributed by atoms with Crippen LogP contribution in [0, 0.1) is 0 Å². The van der Waals surface area contributed by atoms with Crippen molar-refractivity contribution in [1.82, 2.24) is 14.5 Å².